The van der Waals surface area contributed by atoms with Gasteiger partial charge in [0, 0.05) is 0 Å². The molecule has 1 saturated heterocycles. The van der Waals surface area contributed by atoms with Crippen molar-refractivity contribution >= 4 is 34.8 Å². The van der Waals surface area contributed by atoms with Gasteiger partial charge in [0.25, 0.3) is 0 Å². The Morgan fingerprint density at radius 2 is 2.35 bits per heavy atom. The highest BCUT2D eigenvalue weighted by Gasteiger charge is 2.23. The summed E-state index contributed by atoms with van der Waals surface area (Å²) in [5, 5.41) is 6.47. The van der Waals surface area contributed by atoms with Gasteiger partial charge in [-0.25, -0.2) is 4.98 Å². The predicted octanol–water partition coefficient (Wildman–Crippen LogP) is 2.39. The van der Waals surface area contributed by atoms with E-state index in [1.54, 1.807) is 6.07 Å². The molecule has 0 radical (unpaired) electrons. The molecule has 2 rings (SSSR count). The van der Waals surface area contributed by atoms with Crippen LogP contribution in [0.5, 0.6) is 0 Å². The van der Waals surface area contributed by atoms with Crippen molar-refractivity contribution in [2.24, 2.45) is 0 Å². The fraction of sp³-hybridized carbons (Fsp3) is 0.455. The Labute approximate surface area is 110 Å². The summed E-state index contributed by atoms with van der Waals surface area (Å²) in [6.07, 6.45) is 1.87. The highest BCUT2D eigenvalue weighted by atomic mass is 35.5. The number of aromatic nitrogens is 1. The molecule has 6 heteroatoms. The molecule has 0 unspecified atom stereocenters. The Morgan fingerprint density at radius 1 is 1.59 bits per heavy atom. The van der Waals surface area contributed by atoms with Crippen LogP contribution in [0.2, 0.25) is 10.3 Å². The predicted molar refractivity (Wildman–Crippen MR) is 68.6 cm³/mol. The molecule has 1 amide bonds. The second-order valence-corrected chi connectivity index (χ2v) is 4.81. The zero-order chi connectivity index (χ0) is 12.4. The van der Waals surface area contributed by atoms with Crippen molar-refractivity contribution in [1.29, 1.82) is 0 Å². The number of nitrogens with zero attached hydrogens (tertiary/aromatic N) is 1. The Bertz CT molecular complexity index is 421. The van der Waals surface area contributed by atoms with Gasteiger partial charge in [-0.05, 0) is 37.9 Å². The number of hydrogen-bond acceptors (Lipinski definition) is 3. The van der Waals surface area contributed by atoms with Gasteiger partial charge in [-0.1, -0.05) is 23.2 Å². The van der Waals surface area contributed by atoms with Crippen LogP contribution in [0.15, 0.2) is 6.07 Å². The number of hydrogen-bond donors (Lipinski definition) is 2. The first-order valence-electron chi connectivity index (χ1n) is 5.45. The van der Waals surface area contributed by atoms with Crippen LogP contribution in [0.1, 0.15) is 18.4 Å². The molecule has 0 saturated carbocycles. The zero-order valence-electron chi connectivity index (χ0n) is 9.39. The molecule has 17 heavy (non-hydrogen) atoms. The number of halogens is 2. The molecule has 4 nitrogen and oxygen atoms in total. The van der Waals surface area contributed by atoms with Gasteiger partial charge in [-0.15, -0.1) is 0 Å². The number of carbonyl (C=O) groups is 1. The number of amides is 1. The molecule has 0 spiro atoms. The number of nitrogens with one attached hydrogen (secondary N) is 2. The number of rotatable bonds is 2. The first kappa shape index (κ1) is 12.6. The summed E-state index contributed by atoms with van der Waals surface area (Å²) >= 11 is 11.7. The van der Waals surface area contributed by atoms with E-state index in [0.29, 0.717) is 10.8 Å². The summed E-state index contributed by atoms with van der Waals surface area (Å²) in [4.78, 5) is 15.8. The molecule has 1 aromatic rings. The average molecular weight is 274 g/mol. The lowest BCUT2D eigenvalue weighted by Gasteiger charge is -2.13. The summed E-state index contributed by atoms with van der Waals surface area (Å²) in [7, 11) is 0. The fourth-order valence-corrected chi connectivity index (χ4v) is 2.44. The molecule has 0 aliphatic carbocycles. The summed E-state index contributed by atoms with van der Waals surface area (Å²) in [6, 6.07) is 1.53. The van der Waals surface area contributed by atoms with Gasteiger partial charge in [0.2, 0.25) is 5.91 Å². The third-order valence-electron chi connectivity index (χ3n) is 2.77. The molecule has 1 aliphatic heterocycles. The summed E-state index contributed by atoms with van der Waals surface area (Å²) in [5.41, 5.74) is 1.34. The lowest BCUT2D eigenvalue weighted by atomic mass is 10.2. The van der Waals surface area contributed by atoms with Crippen LogP contribution in [0.4, 0.5) is 5.69 Å². The van der Waals surface area contributed by atoms with E-state index in [-0.39, 0.29) is 17.1 Å². The Balaban J connectivity index is 2.15. The monoisotopic (exact) mass is 273 g/mol. The molecular weight excluding hydrogens is 261 g/mol. The molecule has 2 heterocycles. The maximum Gasteiger partial charge on any atom is 0.241 e. The van der Waals surface area contributed by atoms with Gasteiger partial charge < -0.3 is 10.6 Å². The van der Waals surface area contributed by atoms with Crippen molar-refractivity contribution < 1.29 is 4.79 Å². The van der Waals surface area contributed by atoms with Gasteiger partial charge in [-0.3, -0.25) is 4.79 Å². The smallest absolute Gasteiger partial charge is 0.241 e. The number of aryl methyl sites for hydroxylation is 1. The van der Waals surface area contributed by atoms with E-state index in [9.17, 15) is 4.79 Å². The first-order valence-corrected chi connectivity index (χ1v) is 6.20. The third kappa shape index (κ3) is 2.89. The molecule has 1 fully saturated rings. The van der Waals surface area contributed by atoms with E-state index in [2.05, 4.69) is 15.6 Å². The molecule has 1 aliphatic rings. The molecule has 0 aromatic carbocycles. The van der Waals surface area contributed by atoms with Crippen LogP contribution in [-0.2, 0) is 4.79 Å². The molecule has 2 N–H and O–H groups in total. The van der Waals surface area contributed by atoms with Crippen LogP contribution >= 0.6 is 23.2 Å². The van der Waals surface area contributed by atoms with Gasteiger partial charge in [0.1, 0.15) is 5.15 Å². The van der Waals surface area contributed by atoms with Crippen LogP contribution in [0, 0.1) is 6.92 Å². The van der Waals surface area contributed by atoms with Gasteiger partial charge in [0.05, 0.1) is 11.7 Å². The van der Waals surface area contributed by atoms with Gasteiger partial charge in [-0.2, -0.15) is 0 Å². The molecule has 92 valence electrons. The standard InChI is InChI=1S/C11H13Cl2N3O/c1-6-5-8(12)15-10(13)9(6)16-11(17)7-3-2-4-14-7/h5,7,14H,2-4H2,1H3,(H,16,17)/t7-/m1/s1. The number of carbonyl (C=O) groups excluding carboxylic acids is 1. The SMILES string of the molecule is Cc1cc(Cl)nc(Cl)c1NC(=O)[C@H]1CCCN1. The molecule has 0 bridgehead atoms. The maximum absolute atomic E-state index is 11.9. The molecule has 1 aromatic heterocycles. The minimum absolute atomic E-state index is 0.0726. The van der Waals surface area contributed by atoms with E-state index < -0.39 is 0 Å². The van der Waals surface area contributed by atoms with Crippen molar-refractivity contribution in [2.75, 3.05) is 11.9 Å². The topological polar surface area (TPSA) is 54.0 Å². The minimum Gasteiger partial charge on any atom is -0.322 e. The molecule has 1 atom stereocenters. The normalized spacial score (nSPS) is 19.4. The summed E-state index contributed by atoms with van der Waals surface area (Å²) < 4.78 is 0. The largest absolute Gasteiger partial charge is 0.322 e. The zero-order valence-corrected chi connectivity index (χ0v) is 10.9. The van der Waals surface area contributed by atoms with E-state index in [0.717, 1.165) is 24.9 Å². The fourth-order valence-electron chi connectivity index (χ4n) is 1.86. The van der Waals surface area contributed by atoms with E-state index in [1.807, 2.05) is 6.92 Å². The summed E-state index contributed by atoms with van der Waals surface area (Å²) in [5.74, 6) is -0.0726. The van der Waals surface area contributed by atoms with E-state index >= 15 is 0 Å². The number of pyridine rings is 1. The Hall–Kier alpha value is -0.840. The maximum atomic E-state index is 11.9. The third-order valence-corrected chi connectivity index (χ3v) is 3.23. The highest BCUT2D eigenvalue weighted by molar-refractivity contribution is 6.34. The van der Waals surface area contributed by atoms with Gasteiger partial charge >= 0.3 is 0 Å². The Kier molecular flexibility index (Phi) is 3.86. The highest BCUT2D eigenvalue weighted by Crippen LogP contribution is 2.26. The van der Waals surface area contributed by atoms with Crippen LogP contribution in [0.25, 0.3) is 0 Å². The van der Waals surface area contributed by atoms with Crippen LogP contribution < -0.4 is 10.6 Å². The van der Waals surface area contributed by atoms with E-state index in [1.165, 1.54) is 0 Å². The number of anilines is 1. The van der Waals surface area contributed by atoms with Crippen LogP contribution in [0.3, 0.4) is 0 Å². The first-order chi connectivity index (χ1) is 8.08. The van der Waals surface area contributed by atoms with Gasteiger partial charge in [0.15, 0.2) is 5.15 Å². The minimum atomic E-state index is -0.138. The quantitative estimate of drug-likeness (QED) is 0.814. The molecular formula is C11H13Cl2N3O. The van der Waals surface area contributed by atoms with Crippen molar-refractivity contribution in [3.05, 3.63) is 21.9 Å². The lowest BCUT2D eigenvalue weighted by Crippen LogP contribution is -2.35. The Morgan fingerprint density at radius 3 is 2.94 bits per heavy atom. The second kappa shape index (κ2) is 5.21. The lowest BCUT2D eigenvalue weighted by molar-refractivity contribution is -0.117. The van der Waals surface area contributed by atoms with Crippen molar-refractivity contribution in [1.82, 2.24) is 10.3 Å². The summed E-state index contributed by atoms with van der Waals surface area (Å²) in [6.45, 7) is 2.71. The average Bonchev–Trinajstić information content (AvgIpc) is 2.76. The second-order valence-electron chi connectivity index (χ2n) is 4.07. The van der Waals surface area contributed by atoms with E-state index in [4.69, 9.17) is 23.2 Å². The van der Waals surface area contributed by atoms with Crippen LogP contribution in [-0.4, -0.2) is 23.5 Å². The van der Waals surface area contributed by atoms with Crippen molar-refractivity contribution in [3.63, 3.8) is 0 Å². The van der Waals surface area contributed by atoms with Crippen molar-refractivity contribution in [2.45, 2.75) is 25.8 Å². The van der Waals surface area contributed by atoms with Crippen molar-refractivity contribution in [3.8, 4) is 0 Å².